The highest BCUT2D eigenvalue weighted by molar-refractivity contribution is 5.91. The van der Waals surface area contributed by atoms with Gasteiger partial charge in [0.25, 0.3) is 5.91 Å². The van der Waals surface area contributed by atoms with Crippen molar-refractivity contribution in [2.24, 2.45) is 11.7 Å². The van der Waals surface area contributed by atoms with E-state index in [0.717, 1.165) is 30.6 Å². The van der Waals surface area contributed by atoms with E-state index in [1.165, 1.54) is 11.3 Å². The summed E-state index contributed by atoms with van der Waals surface area (Å²) in [7, 11) is 1.59. The van der Waals surface area contributed by atoms with E-state index in [2.05, 4.69) is 12.2 Å². The van der Waals surface area contributed by atoms with Gasteiger partial charge in [0.1, 0.15) is 12.4 Å². The summed E-state index contributed by atoms with van der Waals surface area (Å²) in [6.07, 6.45) is 5.94. The van der Waals surface area contributed by atoms with Crippen LogP contribution in [0.1, 0.15) is 67.6 Å². The summed E-state index contributed by atoms with van der Waals surface area (Å²) in [5.74, 6) is -0.653. The van der Waals surface area contributed by atoms with Crippen molar-refractivity contribution in [3.8, 4) is 5.75 Å². The summed E-state index contributed by atoms with van der Waals surface area (Å²) < 4.78 is 10.3. The van der Waals surface area contributed by atoms with E-state index in [0.29, 0.717) is 24.8 Å². The Labute approximate surface area is 200 Å². The minimum atomic E-state index is -0.695. The fourth-order valence-corrected chi connectivity index (χ4v) is 3.83. The summed E-state index contributed by atoms with van der Waals surface area (Å²) in [5, 5.41) is 4.11. The van der Waals surface area contributed by atoms with Crippen LogP contribution in [0.3, 0.4) is 0 Å². The van der Waals surface area contributed by atoms with E-state index in [4.69, 9.17) is 19.7 Å². The topological polar surface area (TPSA) is 124 Å². The van der Waals surface area contributed by atoms with Crippen molar-refractivity contribution in [2.75, 3.05) is 7.11 Å². The van der Waals surface area contributed by atoms with Crippen molar-refractivity contribution in [3.05, 3.63) is 53.5 Å². The van der Waals surface area contributed by atoms with Crippen LogP contribution in [0.15, 0.2) is 41.0 Å². The number of primary amides is 1. The molecule has 9 heteroatoms. The zero-order valence-electron chi connectivity index (χ0n) is 20.1. The smallest absolute Gasteiger partial charge is 0.284 e. The Balaban J connectivity index is 2.11. The number of methoxy groups -OCH3 is 1. The summed E-state index contributed by atoms with van der Waals surface area (Å²) in [6.45, 7) is 4.28. The highest BCUT2D eigenvalue weighted by Crippen LogP contribution is 2.23. The fourth-order valence-electron chi connectivity index (χ4n) is 3.83. The third-order valence-corrected chi connectivity index (χ3v) is 5.73. The highest BCUT2D eigenvalue weighted by Gasteiger charge is 2.32. The summed E-state index contributed by atoms with van der Waals surface area (Å²) in [4.78, 5) is 42.4. The molecule has 1 heterocycles. The lowest BCUT2D eigenvalue weighted by Crippen LogP contribution is -2.46. The van der Waals surface area contributed by atoms with E-state index in [9.17, 15) is 14.4 Å². The first-order valence-corrected chi connectivity index (χ1v) is 11.6. The summed E-state index contributed by atoms with van der Waals surface area (Å²) in [6, 6.07) is 8.49. The first-order valence-electron chi connectivity index (χ1n) is 11.6. The monoisotopic (exact) mass is 473 g/mol. The Morgan fingerprint density at radius 3 is 2.50 bits per heavy atom. The predicted octanol–water partition coefficient (Wildman–Crippen LogP) is 3.57. The second kappa shape index (κ2) is 14.0. The first kappa shape index (κ1) is 26.9. The zero-order valence-corrected chi connectivity index (χ0v) is 20.1. The van der Waals surface area contributed by atoms with Crippen LogP contribution in [0.25, 0.3) is 0 Å². The average molecular weight is 474 g/mol. The van der Waals surface area contributed by atoms with Crippen molar-refractivity contribution >= 4 is 18.2 Å². The van der Waals surface area contributed by atoms with Gasteiger partial charge in [-0.1, -0.05) is 45.2 Å². The number of ether oxygens (including phenoxy) is 1. The second-order valence-corrected chi connectivity index (χ2v) is 8.02. The number of carbonyl (C=O) groups is 3. The quantitative estimate of drug-likeness (QED) is 0.218. The van der Waals surface area contributed by atoms with E-state index < -0.39 is 17.9 Å². The molecule has 3 amide bonds. The van der Waals surface area contributed by atoms with Gasteiger partial charge in [-0.25, -0.2) is 5.06 Å². The molecule has 0 bridgehead atoms. The third-order valence-electron chi connectivity index (χ3n) is 5.73. The van der Waals surface area contributed by atoms with Gasteiger partial charge in [-0.05, 0) is 36.6 Å². The molecule has 1 aromatic heterocycles. The molecule has 0 radical (unpaired) electrons. The Morgan fingerprint density at radius 1 is 1.18 bits per heavy atom. The molecule has 34 heavy (non-hydrogen) atoms. The SMILES string of the molecule is CCCCC[C@@H](C(=O)NCc1ccoc1C(N)=O)[C@@H](CC)N(C=O)OCc1ccc(OC)cc1. The van der Waals surface area contributed by atoms with E-state index >= 15 is 0 Å². The molecule has 0 aliphatic rings. The van der Waals surface area contributed by atoms with Crippen LogP contribution in [-0.4, -0.2) is 36.4 Å². The molecule has 9 nitrogen and oxygen atoms in total. The Bertz CT molecular complexity index is 912. The van der Waals surface area contributed by atoms with Gasteiger partial charge in [-0.2, -0.15) is 0 Å². The van der Waals surface area contributed by atoms with Gasteiger partial charge in [-0.15, -0.1) is 0 Å². The van der Waals surface area contributed by atoms with Crippen LogP contribution in [0.5, 0.6) is 5.75 Å². The molecule has 0 saturated heterocycles. The summed E-state index contributed by atoms with van der Waals surface area (Å²) >= 11 is 0. The maximum absolute atomic E-state index is 13.2. The Morgan fingerprint density at radius 2 is 1.91 bits per heavy atom. The molecule has 0 saturated carbocycles. The van der Waals surface area contributed by atoms with Crippen LogP contribution in [0.4, 0.5) is 0 Å². The van der Waals surface area contributed by atoms with E-state index in [-0.39, 0.29) is 24.8 Å². The summed E-state index contributed by atoms with van der Waals surface area (Å²) in [5.41, 5.74) is 6.69. The molecule has 0 unspecified atom stereocenters. The number of benzene rings is 1. The molecule has 0 aliphatic heterocycles. The maximum atomic E-state index is 13.2. The molecule has 0 aliphatic carbocycles. The number of rotatable bonds is 16. The average Bonchev–Trinajstić information content (AvgIpc) is 3.33. The normalized spacial score (nSPS) is 12.6. The largest absolute Gasteiger partial charge is 0.497 e. The number of nitrogens with zero attached hydrogens (tertiary/aromatic N) is 1. The van der Waals surface area contributed by atoms with Crippen LogP contribution < -0.4 is 15.8 Å². The van der Waals surface area contributed by atoms with Gasteiger partial charge in [-0.3, -0.25) is 19.2 Å². The van der Waals surface area contributed by atoms with Crippen molar-refractivity contribution in [3.63, 3.8) is 0 Å². The molecule has 2 atom stereocenters. The number of amides is 3. The zero-order chi connectivity index (χ0) is 24.9. The van der Waals surface area contributed by atoms with Crippen molar-refractivity contribution in [2.45, 2.75) is 65.1 Å². The highest BCUT2D eigenvalue weighted by atomic mass is 16.7. The van der Waals surface area contributed by atoms with Gasteiger partial charge in [0, 0.05) is 12.1 Å². The van der Waals surface area contributed by atoms with Crippen LogP contribution in [0.2, 0.25) is 0 Å². The number of hydroxylamine groups is 2. The lowest BCUT2D eigenvalue weighted by molar-refractivity contribution is -0.200. The molecule has 3 N–H and O–H groups in total. The number of carbonyl (C=O) groups excluding carboxylic acids is 3. The molecular weight excluding hydrogens is 438 g/mol. The van der Waals surface area contributed by atoms with E-state index in [1.807, 2.05) is 31.2 Å². The number of hydrogen-bond donors (Lipinski definition) is 2. The number of nitrogens with one attached hydrogen (secondary N) is 1. The number of unbranched alkanes of at least 4 members (excludes halogenated alkanes) is 2. The maximum Gasteiger partial charge on any atom is 0.284 e. The van der Waals surface area contributed by atoms with Crippen LogP contribution >= 0.6 is 0 Å². The molecule has 0 fully saturated rings. The molecule has 0 spiro atoms. The van der Waals surface area contributed by atoms with Gasteiger partial charge < -0.3 is 20.2 Å². The molecule has 2 aromatic rings. The molecule has 1 aromatic carbocycles. The van der Waals surface area contributed by atoms with Crippen molar-refractivity contribution < 1.29 is 28.4 Å². The van der Waals surface area contributed by atoms with Crippen LogP contribution in [0, 0.1) is 5.92 Å². The predicted molar refractivity (Wildman–Crippen MR) is 126 cm³/mol. The van der Waals surface area contributed by atoms with E-state index in [1.54, 1.807) is 13.2 Å². The number of hydrogen-bond acceptors (Lipinski definition) is 6. The van der Waals surface area contributed by atoms with Crippen LogP contribution in [-0.2, 0) is 27.6 Å². The lowest BCUT2D eigenvalue weighted by Gasteiger charge is -2.32. The second-order valence-electron chi connectivity index (χ2n) is 8.02. The Kier molecular flexibility index (Phi) is 11.1. The first-order chi connectivity index (χ1) is 16.4. The number of nitrogens with two attached hydrogens (primary N) is 1. The fraction of sp³-hybridized carbons (Fsp3) is 0.480. The van der Waals surface area contributed by atoms with Gasteiger partial charge >= 0.3 is 0 Å². The molecule has 186 valence electrons. The minimum absolute atomic E-state index is 0.0206. The molecular formula is C25H35N3O6. The Hall–Kier alpha value is -3.33. The minimum Gasteiger partial charge on any atom is -0.497 e. The number of furan rings is 1. The van der Waals surface area contributed by atoms with Gasteiger partial charge in [0.15, 0.2) is 5.76 Å². The van der Waals surface area contributed by atoms with Gasteiger partial charge in [0.05, 0.1) is 25.3 Å². The lowest BCUT2D eigenvalue weighted by atomic mass is 9.90. The standard InChI is InChI=1S/C25H35N3O6/c1-4-6-7-8-21(25(31)27-15-19-13-14-33-23(19)24(26)30)22(5-2)28(17-29)34-16-18-9-11-20(32-3)12-10-18/h9-14,17,21-22H,4-8,15-16H2,1-3H3,(H2,26,30)(H,27,31)/t21-,22-/m1/s1. The molecule has 2 rings (SSSR count). The van der Waals surface area contributed by atoms with Gasteiger partial charge in [0.2, 0.25) is 12.3 Å². The van der Waals surface area contributed by atoms with Crippen molar-refractivity contribution in [1.82, 2.24) is 10.4 Å². The third kappa shape index (κ3) is 7.62. The van der Waals surface area contributed by atoms with Crippen molar-refractivity contribution in [1.29, 1.82) is 0 Å².